The quantitative estimate of drug-likeness (QED) is 0.714. The van der Waals surface area contributed by atoms with Gasteiger partial charge in [0.15, 0.2) is 0 Å². The lowest BCUT2D eigenvalue weighted by Gasteiger charge is -2.40. The summed E-state index contributed by atoms with van der Waals surface area (Å²) in [6.07, 6.45) is 0.740. The van der Waals surface area contributed by atoms with E-state index in [1.165, 1.54) is 4.31 Å². The first-order valence-corrected chi connectivity index (χ1v) is 11.9. The zero-order chi connectivity index (χ0) is 22.3. The molecule has 0 aliphatic carbocycles. The van der Waals surface area contributed by atoms with Crippen LogP contribution >= 0.6 is 0 Å². The van der Waals surface area contributed by atoms with Gasteiger partial charge in [0.2, 0.25) is 10.0 Å². The minimum absolute atomic E-state index is 0.0970. The number of carbonyl (C=O) groups excluding carboxylic acids is 1. The van der Waals surface area contributed by atoms with Gasteiger partial charge in [0.05, 0.1) is 17.7 Å². The smallest absolute Gasteiger partial charge is 0.414 e. The number of carbonyl (C=O) groups is 1. The number of methoxy groups -OCH3 is 1. The summed E-state index contributed by atoms with van der Waals surface area (Å²) >= 11 is 0. The van der Waals surface area contributed by atoms with Gasteiger partial charge in [-0.3, -0.25) is 4.90 Å². The van der Waals surface area contributed by atoms with Crippen molar-refractivity contribution in [3.8, 4) is 5.75 Å². The standard InChI is InChI=1S/C23H28N2O5S/c1-15-13-21(29-4)16(2)17(3)22(15)31(27,28)24-11-9-19(10-12-24)25-20-8-6-5-7-18(20)14-30-23(25)26/h5-8,13,19H,9-12,14H2,1-4H3. The monoisotopic (exact) mass is 444 g/mol. The molecular weight excluding hydrogens is 416 g/mol. The molecule has 0 saturated carbocycles. The van der Waals surface area contributed by atoms with E-state index in [0.29, 0.717) is 47.7 Å². The summed E-state index contributed by atoms with van der Waals surface area (Å²) in [5.41, 5.74) is 4.05. The summed E-state index contributed by atoms with van der Waals surface area (Å²) in [4.78, 5) is 14.5. The molecule has 0 spiro atoms. The van der Waals surface area contributed by atoms with Crippen LogP contribution in [0.15, 0.2) is 35.2 Å². The molecule has 0 radical (unpaired) electrons. The number of benzene rings is 2. The van der Waals surface area contributed by atoms with Crippen molar-refractivity contribution in [3.05, 3.63) is 52.6 Å². The molecule has 0 unspecified atom stereocenters. The van der Waals surface area contributed by atoms with Crippen molar-refractivity contribution in [1.29, 1.82) is 0 Å². The molecule has 4 rings (SSSR count). The number of ether oxygens (including phenoxy) is 2. The van der Waals surface area contributed by atoms with Crippen molar-refractivity contribution < 1.29 is 22.7 Å². The molecular formula is C23H28N2O5S. The summed E-state index contributed by atoms with van der Waals surface area (Å²) in [5.74, 6) is 0.690. The summed E-state index contributed by atoms with van der Waals surface area (Å²) in [5, 5.41) is 0. The van der Waals surface area contributed by atoms with Gasteiger partial charge < -0.3 is 9.47 Å². The largest absolute Gasteiger partial charge is 0.496 e. The van der Waals surface area contributed by atoms with Crippen molar-refractivity contribution >= 4 is 21.8 Å². The van der Waals surface area contributed by atoms with Gasteiger partial charge in [0.1, 0.15) is 12.4 Å². The Morgan fingerprint density at radius 2 is 1.74 bits per heavy atom. The number of hydrogen-bond donors (Lipinski definition) is 0. The molecule has 7 nitrogen and oxygen atoms in total. The number of piperidine rings is 1. The molecule has 8 heteroatoms. The average Bonchev–Trinajstić information content (AvgIpc) is 2.76. The second-order valence-corrected chi connectivity index (χ2v) is 10.0. The molecule has 0 bridgehead atoms. The van der Waals surface area contributed by atoms with E-state index >= 15 is 0 Å². The van der Waals surface area contributed by atoms with E-state index in [4.69, 9.17) is 9.47 Å². The van der Waals surface area contributed by atoms with Crippen LogP contribution < -0.4 is 9.64 Å². The van der Waals surface area contributed by atoms with Gasteiger partial charge in [-0.2, -0.15) is 4.31 Å². The number of amides is 1. The Labute approximate surface area is 183 Å². The van der Waals surface area contributed by atoms with Crippen LogP contribution in [0.2, 0.25) is 0 Å². The van der Waals surface area contributed by atoms with Crippen LogP contribution in [0.5, 0.6) is 5.75 Å². The fourth-order valence-corrected chi connectivity index (χ4v) is 6.58. The van der Waals surface area contributed by atoms with Crippen molar-refractivity contribution in [2.24, 2.45) is 0 Å². The molecule has 1 saturated heterocycles. The zero-order valence-electron chi connectivity index (χ0n) is 18.3. The highest BCUT2D eigenvalue weighted by Gasteiger charge is 2.38. The fourth-order valence-electron chi connectivity index (χ4n) is 4.62. The van der Waals surface area contributed by atoms with Gasteiger partial charge >= 0.3 is 6.09 Å². The lowest BCUT2D eigenvalue weighted by Crippen LogP contribution is -2.50. The fraction of sp³-hybridized carbons (Fsp3) is 0.435. The molecule has 2 aliphatic heterocycles. The number of fused-ring (bicyclic) bond motifs is 1. The molecule has 0 N–H and O–H groups in total. The molecule has 166 valence electrons. The van der Waals surface area contributed by atoms with Gasteiger partial charge in [-0.1, -0.05) is 18.2 Å². The molecule has 2 aromatic rings. The van der Waals surface area contributed by atoms with Crippen LogP contribution in [0.4, 0.5) is 10.5 Å². The van der Waals surface area contributed by atoms with Gasteiger partial charge in [0, 0.05) is 24.7 Å². The summed E-state index contributed by atoms with van der Waals surface area (Å²) in [6.45, 7) is 6.47. The maximum atomic E-state index is 13.5. The number of aryl methyl sites for hydroxylation is 1. The van der Waals surface area contributed by atoms with Crippen molar-refractivity contribution in [1.82, 2.24) is 4.31 Å². The van der Waals surface area contributed by atoms with Crippen LogP contribution in [-0.2, 0) is 21.4 Å². The van der Waals surface area contributed by atoms with E-state index in [0.717, 1.165) is 16.8 Å². The third kappa shape index (κ3) is 3.68. The number of anilines is 1. The van der Waals surface area contributed by atoms with E-state index in [1.54, 1.807) is 25.0 Å². The number of rotatable bonds is 4. The lowest BCUT2D eigenvalue weighted by molar-refractivity contribution is 0.136. The molecule has 0 aromatic heterocycles. The number of nitrogens with zero attached hydrogens (tertiary/aromatic N) is 2. The number of para-hydroxylation sites is 1. The first-order chi connectivity index (χ1) is 14.8. The topological polar surface area (TPSA) is 76.2 Å². The molecule has 1 amide bonds. The van der Waals surface area contributed by atoms with Gasteiger partial charge in [-0.25, -0.2) is 13.2 Å². The lowest BCUT2D eigenvalue weighted by atomic mass is 10.0. The highest BCUT2D eigenvalue weighted by Crippen LogP contribution is 2.35. The first kappa shape index (κ1) is 21.6. The third-order valence-electron chi connectivity index (χ3n) is 6.38. The van der Waals surface area contributed by atoms with E-state index in [2.05, 4.69) is 0 Å². The molecule has 2 aliphatic rings. The second kappa shape index (κ2) is 8.16. The van der Waals surface area contributed by atoms with Gasteiger partial charge in [-0.05, 0) is 62.4 Å². The van der Waals surface area contributed by atoms with E-state index in [1.807, 2.05) is 38.1 Å². The maximum Gasteiger partial charge on any atom is 0.414 e. The Morgan fingerprint density at radius 3 is 2.42 bits per heavy atom. The number of cyclic esters (lactones) is 1. The summed E-state index contributed by atoms with van der Waals surface area (Å²) < 4.78 is 39.3. The minimum Gasteiger partial charge on any atom is -0.496 e. The van der Waals surface area contributed by atoms with E-state index in [-0.39, 0.29) is 18.7 Å². The number of sulfonamides is 1. The SMILES string of the molecule is COc1cc(C)c(S(=O)(=O)N2CCC(N3C(=O)OCc4ccccc43)CC2)c(C)c1C. The van der Waals surface area contributed by atoms with Crippen LogP contribution in [0.25, 0.3) is 0 Å². The Bertz CT molecular complexity index is 1120. The first-order valence-electron chi connectivity index (χ1n) is 10.4. The maximum absolute atomic E-state index is 13.5. The van der Waals surface area contributed by atoms with Crippen LogP contribution in [-0.4, -0.2) is 45.1 Å². The molecule has 2 heterocycles. The average molecular weight is 445 g/mol. The predicted octanol–water partition coefficient (Wildman–Crippen LogP) is 3.93. The Balaban J connectivity index is 1.57. The molecule has 2 aromatic carbocycles. The van der Waals surface area contributed by atoms with Crippen molar-refractivity contribution in [2.45, 2.75) is 51.2 Å². The Kier molecular flexibility index (Phi) is 5.70. The Morgan fingerprint density at radius 1 is 1.06 bits per heavy atom. The molecule has 0 atom stereocenters. The van der Waals surface area contributed by atoms with Gasteiger partial charge in [-0.15, -0.1) is 0 Å². The normalized spacial score (nSPS) is 17.9. The predicted molar refractivity (Wildman–Crippen MR) is 118 cm³/mol. The molecule has 1 fully saturated rings. The summed E-state index contributed by atoms with van der Waals surface area (Å²) in [6, 6.07) is 9.38. The Hall–Kier alpha value is -2.58. The third-order valence-corrected chi connectivity index (χ3v) is 8.57. The van der Waals surface area contributed by atoms with E-state index < -0.39 is 10.0 Å². The number of hydrogen-bond acceptors (Lipinski definition) is 5. The summed E-state index contributed by atoms with van der Waals surface area (Å²) in [7, 11) is -2.07. The van der Waals surface area contributed by atoms with E-state index in [9.17, 15) is 13.2 Å². The van der Waals surface area contributed by atoms with Crippen LogP contribution in [0, 0.1) is 20.8 Å². The highest BCUT2D eigenvalue weighted by molar-refractivity contribution is 7.89. The molecule has 31 heavy (non-hydrogen) atoms. The van der Waals surface area contributed by atoms with Crippen LogP contribution in [0.1, 0.15) is 35.1 Å². The zero-order valence-corrected chi connectivity index (χ0v) is 19.2. The van der Waals surface area contributed by atoms with Gasteiger partial charge in [0.25, 0.3) is 0 Å². The highest BCUT2D eigenvalue weighted by atomic mass is 32.2. The van der Waals surface area contributed by atoms with Crippen molar-refractivity contribution in [2.75, 3.05) is 25.1 Å². The van der Waals surface area contributed by atoms with Crippen molar-refractivity contribution in [3.63, 3.8) is 0 Å². The van der Waals surface area contributed by atoms with Crippen LogP contribution in [0.3, 0.4) is 0 Å². The second-order valence-electron chi connectivity index (χ2n) is 8.16. The minimum atomic E-state index is -3.66.